The van der Waals surface area contributed by atoms with E-state index in [1.165, 1.54) is 4.90 Å². The summed E-state index contributed by atoms with van der Waals surface area (Å²) >= 11 is 1.60. The van der Waals surface area contributed by atoms with E-state index in [0.29, 0.717) is 0 Å². The van der Waals surface area contributed by atoms with Gasteiger partial charge in [0.15, 0.2) is 0 Å². The lowest BCUT2D eigenvalue weighted by Crippen LogP contribution is -2.48. The molecular weight excluding hydrogens is 402 g/mol. The minimum Gasteiger partial charge on any atom is -0.444 e. The number of aromatic nitrogens is 1. The van der Waals surface area contributed by atoms with E-state index < -0.39 is 23.8 Å². The summed E-state index contributed by atoms with van der Waals surface area (Å²) in [7, 11) is 0. The third kappa shape index (κ3) is 5.17. The fraction of sp³-hybridized carbons (Fsp3) is 0.500. The number of nitrogens with zero attached hydrogens (tertiary/aromatic N) is 2. The Morgan fingerprint density at radius 1 is 1.30 bits per heavy atom. The zero-order chi connectivity index (χ0) is 22.1. The highest BCUT2D eigenvalue weighted by atomic mass is 32.1. The highest BCUT2D eigenvalue weighted by molar-refractivity contribution is 7.13. The first kappa shape index (κ1) is 22.2. The van der Waals surface area contributed by atoms with E-state index in [-0.39, 0.29) is 24.9 Å². The number of nitrogens with one attached hydrogen (secondary N) is 1. The van der Waals surface area contributed by atoms with E-state index in [1.807, 2.05) is 43.6 Å². The lowest BCUT2D eigenvalue weighted by molar-refractivity contribution is -0.126. The standard InChI is InChI=1S/C22H29N3O4S/c1-13(15-6-8-16(9-7-15)19-14(2)23-12-30-19)24-20(27)18-10-17(26)11-25(18)21(28)29-22(3,4)5/h6-9,12-13,17-18,26H,10-11H2,1-5H3,(H,24,27)/t13-,17-,18+/m1/s1. The summed E-state index contributed by atoms with van der Waals surface area (Å²) in [5.41, 5.74) is 4.20. The number of aliphatic hydroxyl groups is 1. The molecule has 1 aliphatic rings. The molecule has 1 aromatic carbocycles. The van der Waals surface area contributed by atoms with Crippen molar-refractivity contribution in [2.24, 2.45) is 0 Å². The molecule has 0 bridgehead atoms. The van der Waals surface area contributed by atoms with Gasteiger partial charge in [0.05, 0.1) is 34.8 Å². The molecule has 1 saturated heterocycles. The van der Waals surface area contributed by atoms with Crippen LogP contribution in [-0.2, 0) is 9.53 Å². The SMILES string of the molecule is Cc1ncsc1-c1ccc([C@@H](C)NC(=O)[C@@H]2C[C@@H](O)CN2C(=O)OC(C)(C)C)cc1. The Labute approximate surface area is 181 Å². The Hall–Kier alpha value is -2.45. The maximum Gasteiger partial charge on any atom is 0.411 e. The van der Waals surface area contributed by atoms with Crippen molar-refractivity contribution in [3.05, 3.63) is 41.0 Å². The van der Waals surface area contributed by atoms with Gasteiger partial charge in [0.1, 0.15) is 11.6 Å². The van der Waals surface area contributed by atoms with Crippen LogP contribution in [-0.4, -0.2) is 51.3 Å². The molecule has 2 aromatic rings. The molecule has 3 atom stereocenters. The van der Waals surface area contributed by atoms with Gasteiger partial charge in [0.25, 0.3) is 0 Å². The van der Waals surface area contributed by atoms with Gasteiger partial charge in [-0.1, -0.05) is 24.3 Å². The summed E-state index contributed by atoms with van der Waals surface area (Å²) in [6.45, 7) is 9.28. The first-order chi connectivity index (χ1) is 14.0. The van der Waals surface area contributed by atoms with Crippen molar-refractivity contribution in [3.8, 4) is 10.4 Å². The van der Waals surface area contributed by atoms with E-state index in [0.717, 1.165) is 21.7 Å². The smallest absolute Gasteiger partial charge is 0.411 e. The number of thiazole rings is 1. The van der Waals surface area contributed by atoms with Gasteiger partial charge in [0, 0.05) is 6.42 Å². The minimum atomic E-state index is -0.753. The number of aliphatic hydroxyl groups excluding tert-OH is 1. The van der Waals surface area contributed by atoms with Gasteiger partial charge in [-0.15, -0.1) is 11.3 Å². The number of β-amino-alcohol motifs (C(OH)–C–C–N with tert-alkyl or cyclic N) is 1. The molecule has 0 spiro atoms. The van der Waals surface area contributed by atoms with Gasteiger partial charge < -0.3 is 15.2 Å². The molecule has 2 N–H and O–H groups in total. The monoisotopic (exact) mass is 431 g/mol. The molecule has 1 fully saturated rings. The number of hydrogen-bond donors (Lipinski definition) is 2. The summed E-state index contributed by atoms with van der Waals surface area (Å²) < 4.78 is 5.39. The van der Waals surface area contributed by atoms with Crippen molar-refractivity contribution in [2.45, 2.75) is 64.8 Å². The van der Waals surface area contributed by atoms with Crippen LogP contribution in [0, 0.1) is 6.92 Å². The van der Waals surface area contributed by atoms with Gasteiger partial charge in [-0.3, -0.25) is 9.69 Å². The zero-order valence-electron chi connectivity index (χ0n) is 18.0. The number of carbonyl (C=O) groups excluding carboxylic acids is 2. The maximum atomic E-state index is 12.9. The number of rotatable bonds is 4. The maximum absolute atomic E-state index is 12.9. The molecular formula is C22H29N3O4S. The van der Waals surface area contributed by atoms with Crippen molar-refractivity contribution in [2.75, 3.05) is 6.54 Å². The van der Waals surface area contributed by atoms with Crippen LogP contribution in [0.5, 0.6) is 0 Å². The fourth-order valence-electron chi connectivity index (χ4n) is 3.48. The molecule has 7 nitrogen and oxygen atoms in total. The van der Waals surface area contributed by atoms with E-state index >= 15 is 0 Å². The third-order valence-electron chi connectivity index (χ3n) is 4.99. The van der Waals surface area contributed by atoms with Crippen molar-refractivity contribution in [1.29, 1.82) is 0 Å². The molecule has 0 unspecified atom stereocenters. The predicted molar refractivity (Wildman–Crippen MR) is 116 cm³/mol. The highest BCUT2D eigenvalue weighted by Gasteiger charge is 2.41. The van der Waals surface area contributed by atoms with Crippen LogP contribution in [0.25, 0.3) is 10.4 Å². The summed E-state index contributed by atoms with van der Waals surface area (Å²) in [6.07, 6.45) is -1.14. The van der Waals surface area contributed by atoms with E-state index in [2.05, 4.69) is 10.3 Å². The predicted octanol–water partition coefficient (Wildman–Crippen LogP) is 3.67. The number of likely N-dealkylation sites (tertiary alicyclic amines) is 1. The topological polar surface area (TPSA) is 91.8 Å². The van der Waals surface area contributed by atoms with Crippen LogP contribution >= 0.6 is 11.3 Å². The van der Waals surface area contributed by atoms with Crippen molar-refractivity contribution < 1.29 is 19.4 Å². The van der Waals surface area contributed by atoms with Crippen molar-refractivity contribution in [1.82, 2.24) is 15.2 Å². The van der Waals surface area contributed by atoms with Crippen molar-refractivity contribution in [3.63, 3.8) is 0 Å². The van der Waals surface area contributed by atoms with Crippen LogP contribution in [0.4, 0.5) is 4.79 Å². The van der Waals surface area contributed by atoms with E-state index in [1.54, 1.807) is 32.1 Å². The average molecular weight is 432 g/mol. The van der Waals surface area contributed by atoms with Crippen LogP contribution in [0.1, 0.15) is 51.4 Å². The third-order valence-corrected chi connectivity index (χ3v) is 5.96. The summed E-state index contributed by atoms with van der Waals surface area (Å²) in [5, 5.41) is 13.0. The number of aryl methyl sites for hydroxylation is 1. The van der Waals surface area contributed by atoms with E-state index in [4.69, 9.17) is 4.74 Å². The van der Waals surface area contributed by atoms with Crippen LogP contribution in [0.2, 0.25) is 0 Å². The fourth-order valence-corrected chi connectivity index (χ4v) is 4.29. The first-order valence-electron chi connectivity index (χ1n) is 10.0. The normalized spacial score (nSPS) is 20.1. The quantitative estimate of drug-likeness (QED) is 0.771. The van der Waals surface area contributed by atoms with Gasteiger partial charge in [-0.2, -0.15) is 0 Å². The molecule has 30 heavy (non-hydrogen) atoms. The molecule has 0 radical (unpaired) electrons. The number of carbonyl (C=O) groups is 2. The van der Waals surface area contributed by atoms with Crippen LogP contribution < -0.4 is 5.32 Å². The number of hydrogen-bond acceptors (Lipinski definition) is 6. The van der Waals surface area contributed by atoms with Crippen LogP contribution in [0.3, 0.4) is 0 Å². The Morgan fingerprint density at radius 3 is 2.53 bits per heavy atom. The second kappa shape index (κ2) is 8.73. The molecule has 3 rings (SSSR count). The van der Waals surface area contributed by atoms with Gasteiger partial charge in [-0.05, 0) is 45.7 Å². The lowest BCUT2D eigenvalue weighted by Gasteiger charge is -2.28. The molecule has 1 aromatic heterocycles. The number of benzene rings is 1. The van der Waals surface area contributed by atoms with Crippen molar-refractivity contribution >= 4 is 23.3 Å². The van der Waals surface area contributed by atoms with Gasteiger partial charge >= 0.3 is 6.09 Å². The first-order valence-corrected chi connectivity index (χ1v) is 10.9. The second-order valence-corrected chi connectivity index (χ2v) is 9.51. The molecule has 162 valence electrons. The number of amides is 2. The Kier molecular flexibility index (Phi) is 6.47. The highest BCUT2D eigenvalue weighted by Crippen LogP contribution is 2.28. The summed E-state index contributed by atoms with van der Waals surface area (Å²) in [5.74, 6) is -0.299. The minimum absolute atomic E-state index is 0.0876. The number of ether oxygens (including phenoxy) is 1. The summed E-state index contributed by atoms with van der Waals surface area (Å²) in [4.78, 5) is 32.1. The largest absolute Gasteiger partial charge is 0.444 e. The average Bonchev–Trinajstić information content (AvgIpc) is 3.26. The summed E-state index contributed by atoms with van der Waals surface area (Å²) in [6, 6.07) is 7.00. The molecule has 2 amide bonds. The lowest BCUT2D eigenvalue weighted by atomic mass is 10.0. The van der Waals surface area contributed by atoms with Crippen LogP contribution in [0.15, 0.2) is 29.8 Å². The molecule has 8 heteroatoms. The molecule has 0 saturated carbocycles. The molecule has 0 aliphatic carbocycles. The second-order valence-electron chi connectivity index (χ2n) is 8.66. The zero-order valence-corrected chi connectivity index (χ0v) is 18.8. The van der Waals surface area contributed by atoms with E-state index in [9.17, 15) is 14.7 Å². The Morgan fingerprint density at radius 2 is 1.97 bits per heavy atom. The van der Waals surface area contributed by atoms with Gasteiger partial charge in [-0.25, -0.2) is 9.78 Å². The Bertz CT molecular complexity index is 904. The molecule has 2 heterocycles. The van der Waals surface area contributed by atoms with Gasteiger partial charge in [0.2, 0.25) is 5.91 Å². The molecule has 1 aliphatic heterocycles. The Balaban J connectivity index is 1.66.